The van der Waals surface area contributed by atoms with E-state index in [0.717, 1.165) is 17.8 Å². The van der Waals surface area contributed by atoms with Gasteiger partial charge in [-0.3, -0.25) is 0 Å². The van der Waals surface area contributed by atoms with Gasteiger partial charge in [0.2, 0.25) is 0 Å². The van der Waals surface area contributed by atoms with Crippen molar-refractivity contribution in [2.75, 3.05) is 0 Å². The summed E-state index contributed by atoms with van der Waals surface area (Å²) in [4.78, 5) is 12.5. The summed E-state index contributed by atoms with van der Waals surface area (Å²) in [5.74, 6) is 3.02. The zero-order valence-corrected chi connectivity index (χ0v) is 19.8. The zero-order valence-electron chi connectivity index (χ0n) is 19.8. The van der Waals surface area contributed by atoms with Gasteiger partial charge < -0.3 is 9.47 Å². The number of fused-ring (bicyclic) bond motifs is 1. The van der Waals surface area contributed by atoms with Gasteiger partial charge in [0.05, 0.1) is 5.56 Å². The molecule has 0 N–H and O–H groups in total. The van der Waals surface area contributed by atoms with Gasteiger partial charge in [-0.2, -0.15) is 8.78 Å². The summed E-state index contributed by atoms with van der Waals surface area (Å²) in [6.45, 7) is -0.784. The van der Waals surface area contributed by atoms with E-state index in [1.54, 1.807) is 0 Å². The van der Waals surface area contributed by atoms with Crippen molar-refractivity contribution in [2.24, 2.45) is 17.8 Å². The largest absolute Gasteiger partial charge is 0.435 e. The van der Waals surface area contributed by atoms with Crippen LogP contribution in [-0.4, -0.2) is 12.6 Å². The molecular formula is C29H34F2O3. The van der Waals surface area contributed by atoms with Crippen LogP contribution >= 0.6 is 0 Å². The zero-order chi connectivity index (χ0) is 23.9. The van der Waals surface area contributed by atoms with Gasteiger partial charge in [-0.15, -0.1) is 0 Å². The molecule has 2 aliphatic rings. The van der Waals surface area contributed by atoms with E-state index in [0.29, 0.717) is 11.5 Å². The standard InChI is InChI=1S/C29H34F2O3/c1-2-3-4-5-20-6-7-25-19-24(13-12-23(25)18-20)21-8-10-22(11-9-21)28(32)33-26-14-16-27(17-15-26)34-29(30)31/h2-3,8-11,14-17,20,23-25,29H,4-7,12-13,18-19H2,1H3/b3-2+. The van der Waals surface area contributed by atoms with E-state index in [9.17, 15) is 13.6 Å². The first kappa shape index (κ1) is 24.4. The van der Waals surface area contributed by atoms with Crippen molar-refractivity contribution in [3.05, 3.63) is 71.8 Å². The molecule has 4 rings (SSSR count). The van der Waals surface area contributed by atoms with Crippen LogP contribution in [0.3, 0.4) is 0 Å². The lowest BCUT2D eigenvalue weighted by atomic mass is 9.63. The van der Waals surface area contributed by atoms with E-state index in [4.69, 9.17) is 4.74 Å². The quantitative estimate of drug-likeness (QED) is 0.223. The number of rotatable bonds is 8. The van der Waals surface area contributed by atoms with Crippen LogP contribution in [0.25, 0.3) is 0 Å². The van der Waals surface area contributed by atoms with Crippen molar-refractivity contribution in [2.45, 2.75) is 70.8 Å². The Bertz CT molecular complexity index is 952. The van der Waals surface area contributed by atoms with E-state index in [1.807, 2.05) is 12.1 Å². The van der Waals surface area contributed by atoms with Crippen molar-refractivity contribution in [3.8, 4) is 11.5 Å². The highest BCUT2D eigenvalue weighted by molar-refractivity contribution is 5.91. The monoisotopic (exact) mass is 468 g/mol. The van der Waals surface area contributed by atoms with E-state index in [-0.39, 0.29) is 11.5 Å². The number of hydrogen-bond acceptors (Lipinski definition) is 3. The van der Waals surface area contributed by atoms with Gasteiger partial charge in [-0.05, 0) is 118 Å². The van der Waals surface area contributed by atoms with Crippen LogP contribution in [0.2, 0.25) is 0 Å². The van der Waals surface area contributed by atoms with Gasteiger partial charge in [0.15, 0.2) is 0 Å². The highest BCUT2D eigenvalue weighted by Gasteiger charge is 2.35. The number of benzene rings is 2. The van der Waals surface area contributed by atoms with Gasteiger partial charge in [-0.1, -0.05) is 30.7 Å². The normalized spacial score (nSPS) is 24.7. The Labute approximate surface area is 201 Å². The summed E-state index contributed by atoms with van der Waals surface area (Å²) in [6, 6.07) is 13.4. The Morgan fingerprint density at radius 3 is 2.32 bits per heavy atom. The maximum Gasteiger partial charge on any atom is 0.387 e. The third-order valence-electron chi connectivity index (χ3n) is 7.58. The number of halogens is 2. The lowest BCUT2D eigenvalue weighted by Crippen LogP contribution is -2.30. The third-order valence-corrected chi connectivity index (χ3v) is 7.58. The molecule has 0 aromatic heterocycles. The van der Waals surface area contributed by atoms with Crippen LogP contribution in [0.15, 0.2) is 60.7 Å². The highest BCUT2D eigenvalue weighted by Crippen LogP contribution is 2.48. The molecule has 0 amide bonds. The van der Waals surface area contributed by atoms with E-state index in [1.165, 1.54) is 81.2 Å². The van der Waals surface area contributed by atoms with E-state index in [2.05, 4.69) is 35.9 Å². The Morgan fingerprint density at radius 2 is 1.62 bits per heavy atom. The average molecular weight is 469 g/mol. The van der Waals surface area contributed by atoms with Crippen LogP contribution in [0.4, 0.5) is 8.78 Å². The van der Waals surface area contributed by atoms with Gasteiger partial charge in [-0.25, -0.2) is 4.79 Å². The number of allylic oxidation sites excluding steroid dienone is 2. The fraction of sp³-hybridized carbons (Fsp3) is 0.483. The molecular weight excluding hydrogens is 434 g/mol. The number of alkyl halides is 2. The molecule has 2 aromatic carbocycles. The summed E-state index contributed by atoms with van der Waals surface area (Å²) in [5, 5.41) is 0. The highest BCUT2D eigenvalue weighted by atomic mass is 19.3. The van der Waals surface area contributed by atoms with Crippen LogP contribution in [0.5, 0.6) is 11.5 Å². The second-order valence-corrected chi connectivity index (χ2v) is 9.72. The summed E-state index contributed by atoms with van der Waals surface area (Å²) < 4.78 is 34.2. The lowest BCUT2D eigenvalue weighted by molar-refractivity contribution is -0.0498. The lowest BCUT2D eigenvalue weighted by Gasteiger charge is -2.42. The summed E-state index contributed by atoms with van der Waals surface area (Å²) in [6.07, 6.45) is 14.9. The van der Waals surface area contributed by atoms with Crippen LogP contribution in [-0.2, 0) is 0 Å². The van der Waals surface area contributed by atoms with Crippen LogP contribution < -0.4 is 9.47 Å². The van der Waals surface area contributed by atoms with E-state index >= 15 is 0 Å². The molecule has 5 heteroatoms. The molecule has 2 aromatic rings. The molecule has 2 saturated carbocycles. The number of carbonyl (C=O) groups excluding carboxylic acids is 1. The fourth-order valence-corrected chi connectivity index (χ4v) is 5.80. The third kappa shape index (κ3) is 6.46. The SMILES string of the molecule is C/C=C/CCC1CCC2CC(c3ccc(C(=O)Oc4ccc(OC(F)F)cc4)cc3)CCC2C1. The molecule has 2 aliphatic carbocycles. The van der Waals surface area contributed by atoms with Crippen molar-refractivity contribution in [1.82, 2.24) is 0 Å². The van der Waals surface area contributed by atoms with E-state index < -0.39 is 12.6 Å². The fourth-order valence-electron chi connectivity index (χ4n) is 5.80. The second kappa shape index (κ2) is 11.6. The van der Waals surface area contributed by atoms with Crippen LogP contribution in [0.1, 0.15) is 80.1 Å². The Kier molecular flexibility index (Phi) is 8.36. The number of carbonyl (C=O) groups is 1. The minimum absolute atomic E-state index is 0.0241. The van der Waals surface area contributed by atoms with Gasteiger partial charge >= 0.3 is 12.6 Å². The van der Waals surface area contributed by atoms with Gasteiger partial charge in [0.1, 0.15) is 11.5 Å². The molecule has 0 saturated heterocycles. The van der Waals surface area contributed by atoms with Gasteiger partial charge in [0, 0.05) is 0 Å². The molecule has 3 nitrogen and oxygen atoms in total. The summed E-state index contributed by atoms with van der Waals surface area (Å²) >= 11 is 0. The summed E-state index contributed by atoms with van der Waals surface area (Å²) in [5.41, 5.74) is 1.78. The van der Waals surface area contributed by atoms with Crippen LogP contribution in [0, 0.1) is 17.8 Å². The Hall–Kier alpha value is -2.69. The molecule has 4 atom stereocenters. The maximum absolute atomic E-state index is 12.5. The maximum atomic E-state index is 12.5. The first-order valence-corrected chi connectivity index (χ1v) is 12.5. The number of ether oxygens (including phenoxy) is 2. The molecule has 2 fully saturated rings. The average Bonchev–Trinajstić information content (AvgIpc) is 2.85. The van der Waals surface area contributed by atoms with Crippen molar-refractivity contribution < 1.29 is 23.0 Å². The number of hydrogen-bond donors (Lipinski definition) is 0. The minimum Gasteiger partial charge on any atom is -0.435 e. The van der Waals surface area contributed by atoms with Gasteiger partial charge in [0.25, 0.3) is 0 Å². The predicted octanol–water partition coefficient (Wildman–Crippen LogP) is 8.16. The molecule has 0 aliphatic heterocycles. The Morgan fingerprint density at radius 1 is 0.941 bits per heavy atom. The molecule has 0 spiro atoms. The molecule has 0 radical (unpaired) electrons. The van der Waals surface area contributed by atoms with Crippen molar-refractivity contribution >= 4 is 5.97 Å². The molecule has 4 unspecified atom stereocenters. The number of esters is 1. The molecule has 0 bridgehead atoms. The second-order valence-electron chi connectivity index (χ2n) is 9.72. The first-order valence-electron chi connectivity index (χ1n) is 12.5. The smallest absolute Gasteiger partial charge is 0.387 e. The predicted molar refractivity (Wildman–Crippen MR) is 129 cm³/mol. The topological polar surface area (TPSA) is 35.5 Å². The minimum atomic E-state index is -2.88. The molecule has 34 heavy (non-hydrogen) atoms. The van der Waals surface area contributed by atoms with Crippen molar-refractivity contribution in [3.63, 3.8) is 0 Å². The summed E-state index contributed by atoms with van der Waals surface area (Å²) in [7, 11) is 0. The molecule has 182 valence electrons. The first-order chi connectivity index (χ1) is 16.5. The molecule has 0 heterocycles. The van der Waals surface area contributed by atoms with Crippen molar-refractivity contribution in [1.29, 1.82) is 0 Å². The Balaban J connectivity index is 1.29.